The molecule has 1 aromatic carbocycles. The molecule has 0 bridgehead atoms. The lowest BCUT2D eigenvalue weighted by molar-refractivity contribution is -0.123. The molecule has 7 nitrogen and oxygen atoms in total. The van der Waals surface area contributed by atoms with Crippen LogP contribution in [0.1, 0.15) is 18.0 Å². The van der Waals surface area contributed by atoms with Gasteiger partial charge >= 0.3 is 0 Å². The number of hydrogen-bond acceptors (Lipinski definition) is 4. The van der Waals surface area contributed by atoms with Crippen molar-refractivity contribution >= 4 is 29.1 Å². The summed E-state index contributed by atoms with van der Waals surface area (Å²) in [4.78, 5) is 26.5. The van der Waals surface area contributed by atoms with Crippen LogP contribution in [0, 0.1) is 0 Å². The standard InChI is InChI=1S/C17H20ClN5O2/c1-19-16(11-8-20-22(2)9-11)17(25)21-12-7-15(24)23(10-12)14-6-4-3-5-13(14)18/h3-6,8-9,12,16,19H,7,10H2,1-2H3,(H,21,25). The minimum Gasteiger partial charge on any atom is -0.349 e. The number of para-hydroxylation sites is 1. The lowest BCUT2D eigenvalue weighted by Gasteiger charge is -2.20. The molecule has 0 spiro atoms. The fourth-order valence-electron chi connectivity index (χ4n) is 3.03. The second-order valence-electron chi connectivity index (χ2n) is 6.03. The summed E-state index contributed by atoms with van der Waals surface area (Å²) in [6.45, 7) is 0.401. The molecule has 0 radical (unpaired) electrons. The predicted molar refractivity (Wildman–Crippen MR) is 95.4 cm³/mol. The Morgan fingerprint density at radius 1 is 1.40 bits per heavy atom. The summed E-state index contributed by atoms with van der Waals surface area (Å²) < 4.78 is 1.64. The van der Waals surface area contributed by atoms with E-state index in [1.54, 1.807) is 48.2 Å². The number of carbonyl (C=O) groups excluding carboxylic acids is 2. The Labute approximate surface area is 150 Å². The van der Waals surface area contributed by atoms with Crippen LogP contribution in [0.25, 0.3) is 0 Å². The van der Waals surface area contributed by atoms with Crippen LogP contribution < -0.4 is 15.5 Å². The molecule has 1 fully saturated rings. The molecule has 1 aromatic heterocycles. The van der Waals surface area contributed by atoms with Gasteiger partial charge in [-0.3, -0.25) is 14.3 Å². The maximum Gasteiger partial charge on any atom is 0.242 e. The number of halogens is 1. The topological polar surface area (TPSA) is 79.3 Å². The van der Waals surface area contributed by atoms with Gasteiger partial charge in [-0.15, -0.1) is 0 Å². The fraction of sp³-hybridized carbons (Fsp3) is 0.353. The maximum absolute atomic E-state index is 12.6. The minimum absolute atomic E-state index is 0.0548. The zero-order valence-corrected chi connectivity index (χ0v) is 14.8. The third kappa shape index (κ3) is 3.67. The van der Waals surface area contributed by atoms with E-state index >= 15 is 0 Å². The third-order valence-corrected chi connectivity index (χ3v) is 4.54. The van der Waals surface area contributed by atoms with E-state index in [4.69, 9.17) is 11.6 Å². The molecular formula is C17H20ClN5O2. The number of aromatic nitrogens is 2. The Morgan fingerprint density at radius 2 is 2.16 bits per heavy atom. The molecule has 2 unspecified atom stereocenters. The Balaban J connectivity index is 1.68. The highest BCUT2D eigenvalue weighted by Gasteiger charge is 2.34. The van der Waals surface area contributed by atoms with Crippen molar-refractivity contribution in [2.75, 3.05) is 18.5 Å². The van der Waals surface area contributed by atoms with Gasteiger partial charge in [0, 0.05) is 31.8 Å². The lowest BCUT2D eigenvalue weighted by Crippen LogP contribution is -2.43. The molecule has 0 aliphatic carbocycles. The van der Waals surface area contributed by atoms with Crippen LogP contribution >= 0.6 is 11.6 Å². The van der Waals surface area contributed by atoms with Gasteiger partial charge in [-0.25, -0.2) is 0 Å². The fourth-order valence-corrected chi connectivity index (χ4v) is 3.27. The van der Waals surface area contributed by atoms with Crippen molar-refractivity contribution in [1.82, 2.24) is 20.4 Å². The predicted octanol–water partition coefficient (Wildman–Crippen LogP) is 1.26. The van der Waals surface area contributed by atoms with Crippen LogP contribution in [0.2, 0.25) is 5.02 Å². The molecule has 2 aromatic rings. The average molecular weight is 362 g/mol. The number of benzene rings is 1. The minimum atomic E-state index is -0.516. The molecule has 3 rings (SSSR count). The quantitative estimate of drug-likeness (QED) is 0.840. The van der Waals surface area contributed by atoms with E-state index < -0.39 is 6.04 Å². The molecule has 8 heteroatoms. The number of likely N-dealkylation sites (N-methyl/N-ethyl adjacent to an activating group) is 1. The first-order valence-corrected chi connectivity index (χ1v) is 8.38. The Morgan fingerprint density at radius 3 is 2.80 bits per heavy atom. The number of anilines is 1. The van der Waals surface area contributed by atoms with Gasteiger partial charge in [-0.05, 0) is 19.2 Å². The highest BCUT2D eigenvalue weighted by atomic mass is 35.5. The molecule has 1 saturated heterocycles. The second-order valence-corrected chi connectivity index (χ2v) is 6.44. The first-order valence-electron chi connectivity index (χ1n) is 8.00. The zero-order chi connectivity index (χ0) is 18.0. The number of nitrogens with zero attached hydrogens (tertiary/aromatic N) is 3. The summed E-state index contributed by atoms with van der Waals surface area (Å²) in [6, 6.07) is 6.42. The summed E-state index contributed by atoms with van der Waals surface area (Å²) in [5.74, 6) is -0.241. The number of carbonyl (C=O) groups is 2. The van der Waals surface area contributed by atoms with Crippen molar-refractivity contribution in [2.45, 2.75) is 18.5 Å². The number of aryl methyl sites for hydroxylation is 1. The van der Waals surface area contributed by atoms with E-state index in [0.717, 1.165) is 5.56 Å². The van der Waals surface area contributed by atoms with Gasteiger partial charge < -0.3 is 15.5 Å². The van der Waals surface area contributed by atoms with Crippen molar-refractivity contribution in [3.8, 4) is 0 Å². The van der Waals surface area contributed by atoms with Gasteiger partial charge in [0.15, 0.2) is 0 Å². The van der Waals surface area contributed by atoms with Crippen molar-refractivity contribution in [2.24, 2.45) is 7.05 Å². The molecule has 2 amide bonds. The lowest BCUT2D eigenvalue weighted by atomic mass is 10.1. The molecule has 2 atom stereocenters. The van der Waals surface area contributed by atoms with Crippen LogP contribution in [-0.2, 0) is 16.6 Å². The van der Waals surface area contributed by atoms with Crippen LogP contribution in [0.5, 0.6) is 0 Å². The van der Waals surface area contributed by atoms with Gasteiger partial charge in [0.1, 0.15) is 6.04 Å². The molecule has 0 saturated carbocycles. The van der Waals surface area contributed by atoms with Crippen LogP contribution in [0.4, 0.5) is 5.69 Å². The number of hydrogen-bond donors (Lipinski definition) is 2. The molecule has 2 heterocycles. The van der Waals surface area contributed by atoms with E-state index in [1.165, 1.54) is 0 Å². The first-order chi connectivity index (χ1) is 12.0. The average Bonchev–Trinajstić information content (AvgIpc) is 3.15. The van der Waals surface area contributed by atoms with E-state index in [0.29, 0.717) is 17.3 Å². The molecule has 1 aliphatic rings. The van der Waals surface area contributed by atoms with Gasteiger partial charge in [-0.1, -0.05) is 23.7 Å². The monoisotopic (exact) mass is 361 g/mol. The molecule has 2 N–H and O–H groups in total. The van der Waals surface area contributed by atoms with Gasteiger partial charge in [0.05, 0.1) is 22.9 Å². The van der Waals surface area contributed by atoms with Crippen LogP contribution in [0.3, 0.4) is 0 Å². The highest BCUT2D eigenvalue weighted by molar-refractivity contribution is 6.33. The first kappa shape index (κ1) is 17.4. The van der Waals surface area contributed by atoms with E-state index in [1.807, 2.05) is 12.1 Å². The van der Waals surface area contributed by atoms with Crippen molar-refractivity contribution in [3.63, 3.8) is 0 Å². The van der Waals surface area contributed by atoms with Crippen LogP contribution in [0.15, 0.2) is 36.7 Å². The summed E-state index contributed by atoms with van der Waals surface area (Å²) in [5, 5.41) is 10.5. The number of rotatable bonds is 5. The van der Waals surface area contributed by atoms with Gasteiger partial charge in [0.2, 0.25) is 11.8 Å². The van der Waals surface area contributed by atoms with Crippen molar-refractivity contribution < 1.29 is 9.59 Å². The van der Waals surface area contributed by atoms with Crippen LogP contribution in [-0.4, -0.2) is 41.2 Å². The number of amides is 2. The zero-order valence-electron chi connectivity index (χ0n) is 14.1. The highest BCUT2D eigenvalue weighted by Crippen LogP contribution is 2.29. The van der Waals surface area contributed by atoms with Gasteiger partial charge in [-0.2, -0.15) is 5.10 Å². The van der Waals surface area contributed by atoms with E-state index in [-0.39, 0.29) is 24.3 Å². The molecule has 25 heavy (non-hydrogen) atoms. The summed E-state index contributed by atoms with van der Waals surface area (Å²) >= 11 is 6.18. The normalized spacial score (nSPS) is 18.4. The molecular weight excluding hydrogens is 342 g/mol. The maximum atomic E-state index is 12.6. The van der Waals surface area contributed by atoms with Crippen molar-refractivity contribution in [3.05, 3.63) is 47.2 Å². The van der Waals surface area contributed by atoms with E-state index in [2.05, 4.69) is 15.7 Å². The SMILES string of the molecule is CNC(C(=O)NC1CC(=O)N(c2ccccc2Cl)C1)c1cnn(C)c1. The summed E-state index contributed by atoms with van der Waals surface area (Å²) in [5.41, 5.74) is 1.44. The third-order valence-electron chi connectivity index (χ3n) is 4.22. The Kier molecular flexibility index (Phi) is 5.06. The number of nitrogens with one attached hydrogen (secondary N) is 2. The van der Waals surface area contributed by atoms with Gasteiger partial charge in [0.25, 0.3) is 0 Å². The van der Waals surface area contributed by atoms with E-state index in [9.17, 15) is 9.59 Å². The summed E-state index contributed by atoms with van der Waals surface area (Å²) in [6.07, 6.45) is 3.69. The summed E-state index contributed by atoms with van der Waals surface area (Å²) in [7, 11) is 3.51. The molecule has 1 aliphatic heterocycles. The molecule has 132 valence electrons. The largest absolute Gasteiger partial charge is 0.349 e. The Bertz CT molecular complexity index is 791. The second kappa shape index (κ2) is 7.25. The van der Waals surface area contributed by atoms with Crippen molar-refractivity contribution in [1.29, 1.82) is 0 Å². The Hall–Kier alpha value is -2.38. The smallest absolute Gasteiger partial charge is 0.242 e.